The summed E-state index contributed by atoms with van der Waals surface area (Å²) >= 11 is 0. The van der Waals surface area contributed by atoms with E-state index >= 15 is 0 Å². The second kappa shape index (κ2) is 16.7. The number of benzene rings is 1. The number of unbranched alkanes of at least 4 members (excludes halogenated alkanes) is 2. The van der Waals surface area contributed by atoms with Crippen molar-refractivity contribution in [3.63, 3.8) is 0 Å². The number of nitrogens with one attached hydrogen (secondary N) is 1. The van der Waals surface area contributed by atoms with Crippen molar-refractivity contribution in [1.82, 2.24) is 15.0 Å². The van der Waals surface area contributed by atoms with Gasteiger partial charge in [-0.15, -0.1) is 0 Å². The number of fused-ring (bicyclic) bond motifs is 1. The smallest absolute Gasteiger partial charge is 0.160 e. The minimum Gasteiger partial charge on any atom is -0.457 e. The van der Waals surface area contributed by atoms with Gasteiger partial charge in [-0.1, -0.05) is 71.6 Å². The fourth-order valence-electron chi connectivity index (χ4n) is 4.88. The molecule has 2 aromatic heterocycles. The van der Waals surface area contributed by atoms with E-state index in [1.54, 1.807) is 6.33 Å². The summed E-state index contributed by atoms with van der Waals surface area (Å²) in [6.07, 6.45) is 16.6. The van der Waals surface area contributed by atoms with Crippen molar-refractivity contribution < 1.29 is 4.74 Å². The van der Waals surface area contributed by atoms with Gasteiger partial charge in [-0.25, -0.2) is 15.0 Å². The molecule has 6 heteroatoms. The number of anilines is 3. The van der Waals surface area contributed by atoms with E-state index in [9.17, 15) is 0 Å². The third-order valence-electron chi connectivity index (χ3n) is 7.59. The van der Waals surface area contributed by atoms with Gasteiger partial charge in [-0.2, -0.15) is 0 Å². The Morgan fingerprint density at radius 1 is 1.07 bits per heavy atom. The molecule has 0 bridgehead atoms. The predicted molar refractivity (Wildman–Crippen MR) is 180 cm³/mol. The van der Waals surface area contributed by atoms with Crippen LogP contribution >= 0.6 is 0 Å². The molecule has 1 unspecified atom stereocenters. The van der Waals surface area contributed by atoms with Gasteiger partial charge in [0.1, 0.15) is 29.2 Å². The lowest BCUT2D eigenvalue weighted by molar-refractivity contribution is 0.440. The molecule has 0 radical (unpaired) electrons. The van der Waals surface area contributed by atoms with Crippen molar-refractivity contribution in [1.29, 1.82) is 0 Å². The second-order valence-electron chi connectivity index (χ2n) is 11.2. The van der Waals surface area contributed by atoms with Gasteiger partial charge in [0, 0.05) is 18.8 Å². The highest BCUT2D eigenvalue weighted by Crippen LogP contribution is 2.31. The number of ether oxygens (including phenoxy) is 1. The van der Waals surface area contributed by atoms with E-state index in [0.29, 0.717) is 11.7 Å². The zero-order chi connectivity index (χ0) is 30.5. The molecular weight excluding hydrogens is 518 g/mol. The molecule has 1 atom stereocenters. The predicted octanol–water partition coefficient (Wildman–Crippen LogP) is 9.88. The highest BCUT2D eigenvalue weighted by atomic mass is 16.5. The van der Waals surface area contributed by atoms with Gasteiger partial charge in [0.15, 0.2) is 5.82 Å². The molecule has 1 N–H and O–H groups in total. The summed E-state index contributed by atoms with van der Waals surface area (Å²) in [5.41, 5.74) is 6.08. The molecule has 42 heavy (non-hydrogen) atoms. The minimum atomic E-state index is 0.595. The molecule has 6 nitrogen and oxygen atoms in total. The van der Waals surface area contributed by atoms with E-state index in [1.165, 1.54) is 30.4 Å². The summed E-state index contributed by atoms with van der Waals surface area (Å²) < 4.78 is 6.22. The number of aromatic nitrogens is 3. The van der Waals surface area contributed by atoms with Crippen LogP contribution in [0.25, 0.3) is 11.0 Å². The molecule has 0 fully saturated rings. The lowest BCUT2D eigenvalue weighted by atomic mass is 10.1. The molecule has 0 amide bonds. The SMILES string of the molecule is C\C=C(/C=C\C(C)=C\CC)Oc1ccc(Nc2ncnc3cc(CC)c(N(CCCCC)CC(C)CC)nc23)cc1C. The van der Waals surface area contributed by atoms with E-state index in [0.717, 1.165) is 72.0 Å². The van der Waals surface area contributed by atoms with Crippen molar-refractivity contribution in [3.05, 3.63) is 77.4 Å². The van der Waals surface area contributed by atoms with E-state index in [2.05, 4.69) is 92.9 Å². The van der Waals surface area contributed by atoms with Crippen LogP contribution in [0, 0.1) is 12.8 Å². The monoisotopic (exact) mass is 569 g/mol. The van der Waals surface area contributed by atoms with Gasteiger partial charge in [0.25, 0.3) is 0 Å². The third-order valence-corrected chi connectivity index (χ3v) is 7.59. The van der Waals surface area contributed by atoms with Crippen LogP contribution in [-0.2, 0) is 6.42 Å². The van der Waals surface area contributed by atoms with E-state index in [1.807, 2.05) is 31.2 Å². The molecule has 0 spiro atoms. The molecule has 0 aliphatic carbocycles. The molecular formula is C36H51N5O. The molecule has 3 aromatic rings. The van der Waals surface area contributed by atoms with Crippen LogP contribution in [0.3, 0.4) is 0 Å². The van der Waals surface area contributed by atoms with E-state index < -0.39 is 0 Å². The van der Waals surface area contributed by atoms with Gasteiger partial charge >= 0.3 is 0 Å². The molecule has 226 valence electrons. The van der Waals surface area contributed by atoms with Gasteiger partial charge in [-0.05, 0) is 93.5 Å². The maximum atomic E-state index is 6.22. The summed E-state index contributed by atoms with van der Waals surface area (Å²) in [6, 6.07) is 8.31. The van der Waals surface area contributed by atoms with Gasteiger partial charge < -0.3 is 15.0 Å². The summed E-state index contributed by atoms with van der Waals surface area (Å²) in [5.74, 6) is 4.01. The zero-order valence-corrected chi connectivity index (χ0v) is 27.1. The topological polar surface area (TPSA) is 63.2 Å². The Labute approximate surface area is 254 Å². The zero-order valence-electron chi connectivity index (χ0n) is 27.1. The lowest BCUT2D eigenvalue weighted by Gasteiger charge is -2.29. The molecule has 0 saturated heterocycles. The first-order valence-electron chi connectivity index (χ1n) is 15.8. The first kappa shape index (κ1) is 32.8. The van der Waals surface area contributed by atoms with Crippen LogP contribution in [0.4, 0.5) is 17.3 Å². The first-order valence-corrected chi connectivity index (χ1v) is 15.8. The second-order valence-corrected chi connectivity index (χ2v) is 11.2. The molecule has 2 heterocycles. The first-order chi connectivity index (χ1) is 20.3. The summed E-state index contributed by atoms with van der Waals surface area (Å²) in [4.78, 5) is 16.9. The Kier molecular flexibility index (Phi) is 13.1. The Hall–Kier alpha value is -3.67. The summed E-state index contributed by atoms with van der Waals surface area (Å²) in [6.45, 7) is 19.3. The lowest BCUT2D eigenvalue weighted by Crippen LogP contribution is -2.31. The fraction of sp³-hybridized carbons (Fsp3) is 0.472. The van der Waals surface area contributed by atoms with Crippen molar-refractivity contribution in [2.45, 2.75) is 93.9 Å². The van der Waals surface area contributed by atoms with Crippen molar-refractivity contribution >= 4 is 28.4 Å². The van der Waals surface area contributed by atoms with Crippen molar-refractivity contribution in [2.24, 2.45) is 5.92 Å². The van der Waals surface area contributed by atoms with Crippen LogP contribution in [0.1, 0.15) is 91.7 Å². The number of aryl methyl sites for hydroxylation is 2. The minimum absolute atomic E-state index is 0.595. The van der Waals surface area contributed by atoms with Crippen molar-refractivity contribution in [3.8, 4) is 5.75 Å². The van der Waals surface area contributed by atoms with Crippen LogP contribution in [0.15, 0.2) is 66.2 Å². The third kappa shape index (κ3) is 9.17. The highest BCUT2D eigenvalue weighted by Gasteiger charge is 2.18. The number of hydrogen-bond donors (Lipinski definition) is 1. The fourth-order valence-corrected chi connectivity index (χ4v) is 4.88. The summed E-state index contributed by atoms with van der Waals surface area (Å²) in [7, 11) is 0. The van der Waals surface area contributed by atoms with Gasteiger partial charge in [0.05, 0.1) is 5.52 Å². The number of hydrogen-bond acceptors (Lipinski definition) is 6. The van der Waals surface area contributed by atoms with Gasteiger partial charge in [-0.3, -0.25) is 0 Å². The maximum Gasteiger partial charge on any atom is 0.160 e. The standard InChI is InChI=1S/C36H51N5O/c1-9-14-15-21-41(24-26(6)11-3)36-29(12-4)23-32-34(40-36)35(38-25-37-32)39-30-18-20-33(28(8)22-30)42-31(13-5)19-17-27(7)16-10-2/h13,16-20,22-23,25-26H,9-12,14-15,21,24H2,1-8H3,(H,37,38,39)/b19-17-,27-16+,31-13+. The number of nitrogens with zero attached hydrogens (tertiary/aromatic N) is 4. The Morgan fingerprint density at radius 3 is 2.55 bits per heavy atom. The quantitative estimate of drug-likeness (QED) is 0.105. The number of rotatable bonds is 16. The molecule has 0 saturated carbocycles. The normalized spacial score (nSPS) is 13.1. The van der Waals surface area contributed by atoms with Crippen LogP contribution in [0.5, 0.6) is 5.75 Å². The van der Waals surface area contributed by atoms with E-state index in [-0.39, 0.29) is 0 Å². The molecule has 0 aliphatic heterocycles. The Balaban J connectivity index is 1.91. The largest absolute Gasteiger partial charge is 0.457 e. The average molecular weight is 570 g/mol. The van der Waals surface area contributed by atoms with E-state index in [4.69, 9.17) is 9.72 Å². The van der Waals surface area contributed by atoms with Crippen LogP contribution in [-0.4, -0.2) is 28.0 Å². The molecule has 0 aliphatic rings. The van der Waals surface area contributed by atoms with Gasteiger partial charge in [0.2, 0.25) is 0 Å². The Morgan fingerprint density at radius 2 is 1.88 bits per heavy atom. The van der Waals surface area contributed by atoms with Crippen molar-refractivity contribution in [2.75, 3.05) is 23.3 Å². The highest BCUT2D eigenvalue weighted by molar-refractivity contribution is 5.89. The Bertz CT molecular complexity index is 1390. The maximum absolute atomic E-state index is 6.22. The molecule has 3 rings (SSSR count). The number of pyridine rings is 1. The summed E-state index contributed by atoms with van der Waals surface area (Å²) in [5, 5.41) is 3.52. The molecule has 1 aromatic carbocycles. The average Bonchev–Trinajstić information content (AvgIpc) is 2.99. The van der Waals surface area contributed by atoms with Crippen LogP contribution in [0.2, 0.25) is 0 Å². The number of allylic oxidation sites excluding steroid dienone is 5. The van der Waals surface area contributed by atoms with Crippen LogP contribution < -0.4 is 15.0 Å².